The second-order valence-electron chi connectivity index (χ2n) is 6.81. The smallest absolute Gasteiger partial charge is 0.266 e. The molecule has 1 aromatic heterocycles. The Hall–Kier alpha value is -2.84. The van der Waals surface area contributed by atoms with Crippen molar-refractivity contribution in [2.45, 2.75) is 25.2 Å². The van der Waals surface area contributed by atoms with Gasteiger partial charge in [-0.1, -0.05) is 13.8 Å². The van der Waals surface area contributed by atoms with Crippen LogP contribution >= 0.6 is 0 Å². The summed E-state index contributed by atoms with van der Waals surface area (Å²) in [4.78, 5) is 10.7. The van der Waals surface area contributed by atoms with E-state index in [2.05, 4.69) is 10.2 Å². The van der Waals surface area contributed by atoms with Crippen molar-refractivity contribution in [3.8, 4) is 11.8 Å². The van der Waals surface area contributed by atoms with Crippen LogP contribution in [-0.4, -0.2) is 45.5 Å². The number of nitro benzene ring substituents is 1. The molecule has 0 aliphatic carbocycles. The van der Waals surface area contributed by atoms with Gasteiger partial charge in [-0.2, -0.15) is 9.57 Å². The summed E-state index contributed by atoms with van der Waals surface area (Å²) in [6.45, 7) is 4.73. The van der Waals surface area contributed by atoms with Crippen LogP contribution in [0.3, 0.4) is 0 Å². The third-order valence-corrected chi connectivity index (χ3v) is 6.35. The molecule has 0 spiro atoms. The highest BCUT2D eigenvalue weighted by molar-refractivity contribution is 7.89. The average Bonchev–Trinajstić information content (AvgIpc) is 3.08. The predicted octanol–water partition coefficient (Wildman–Crippen LogP) is 1.71. The van der Waals surface area contributed by atoms with Crippen molar-refractivity contribution in [2.24, 2.45) is 11.8 Å². The van der Waals surface area contributed by atoms with E-state index in [0.717, 1.165) is 17.1 Å². The Morgan fingerprint density at radius 1 is 1.30 bits per heavy atom. The van der Waals surface area contributed by atoms with Gasteiger partial charge in [0.05, 0.1) is 9.82 Å². The van der Waals surface area contributed by atoms with E-state index in [-0.39, 0.29) is 28.2 Å². The first-order chi connectivity index (χ1) is 12.7. The summed E-state index contributed by atoms with van der Waals surface area (Å²) in [7, 11) is -3.86. The van der Waals surface area contributed by atoms with Crippen LogP contribution < -0.4 is 0 Å². The lowest BCUT2D eigenvalue weighted by Gasteiger charge is -2.34. The molecule has 11 heteroatoms. The van der Waals surface area contributed by atoms with Gasteiger partial charge in [0.2, 0.25) is 15.8 Å². The minimum Gasteiger partial charge on any atom is -0.266 e. The van der Waals surface area contributed by atoms with Crippen molar-refractivity contribution in [3.63, 3.8) is 0 Å². The fraction of sp³-hybridized carbons (Fsp3) is 0.438. The topological polar surface area (TPSA) is 135 Å². The van der Waals surface area contributed by atoms with Crippen LogP contribution in [0.4, 0.5) is 5.69 Å². The van der Waals surface area contributed by atoms with E-state index in [1.165, 1.54) is 22.8 Å². The zero-order valence-corrected chi connectivity index (χ0v) is 15.6. The van der Waals surface area contributed by atoms with E-state index in [4.69, 9.17) is 5.26 Å². The minimum absolute atomic E-state index is 0.0286. The van der Waals surface area contributed by atoms with Gasteiger partial charge in [-0.15, -0.1) is 10.2 Å². The molecule has 1 aromatic carbocycles. The molecule has 2 aromatic rings. The highest BCUT2D eigenvalue weighted by atomic mass is 32.2. The fourth-order valence-corrected chi connectivity index (χ4v) is 5.15. The maximum atomic E-state index is 13.0. The molecule has 0 amide bonds. The van der Waals surface area contributed by atoms with Crippen LogP contribution in [-0.2, 0) is 10.0 Å². The fourth-order valence-electron chi connectivity index (χ4n) is 3.45. The summed E-state index contributed by atoms with van der Waals surface area (Å²) >= 11 is 0. The van der Waals surface area contributed by atoms with Gasteiger partial charge in [0.15, 0.2) is 0 Å². The number of hydrogen-bond acceptors (Lipinski definition) is 7. The first kappa shape index (κ1) is 18.9. The summed E-state index contributed by atoms with van der Waals surface area (Å²) < 4.78 is 28.5. The molecule has 2 heterocycles. The van der Waals surface area contributed by atoms with Crippen LogP contribution in [0.25, 0.3) is 5.69 Å². The maximum Gasteiger partial charge on any atom is 0.294 e. The van der Waals surface area contributed by atoms with E-state index < -0.39 is 20.6 Å². The number of nitriles is 1. The molecule has 0 bridgehead atoms. The van der Waals surface area contributed by atoms with Gasteiger partial charge < -0.3 is 0 Å². The van der Waals surface area contributed by atoms with Gasteiger partial charge in [0, 0.05) is 19.2 Å². The highest BCUT2D eigenvalue weighted by Crippen LogP contribution is 2.31. The first-order valence-corrected chi connectivity index (χ1v) is 9.77. The van der Waals surface area contributed by atoms with Gasteiger partial charge in [-0.25, -0.2) is 8.42 Å². The SMILES string of the molecule is CC1CC(C)CN(S(=O)(=O)c2ccc(-n3cnnc3C#N)c([N+](=O)[O-])c2)C1. The van der Waals surface area contributed by atoms with Crippen LogP contribution in [0.2, 0.25) is 0 Å². The molecule has 1 aliphatic rings. The van der Waals surface area contributed by atoms with Crippen molar-refractivity contribution in [3.05, 3.63) is 40.5 Å². The van der Waals surface area contributed by atoms with Gasteiger partial charge in [0.25, 0.3) is 5.69 Å². The lowest BCUT2D eigenvalue weighted by Crippen LogP contribution is -2.42. The number of nitrogens with zero attached hydrogens (tertiary/aromatic N) is 6. The molecule has 142 valence electrons. The van der Waals surface area contributed by atoms with Gasteiger partial charge in [0.1, 0.15) is 18.1 Å². The zero-order chi connectivity index (χ0) is 19.8. The van der Waals surface area contributed by atoms with Crippen LogP contribution in [0.5, 0.6) is 0 Å². The number of aromatic nitrogens is 3. The van der Waals surface area contributed by atoms with E-state index in [0.29, 0.717) is 13.1 Å². The summed E-state index contributed by atoms with van der Waals surface area (Å²) in [5, 5.41) is 27.7. The molecule has 0 saturated carbocycles. The summed E-state index contributed by atoms with van der Waals surface area (Å²) in [5.74, 6) is 0.299. The van der Waals surface area contributed by atoms with Crippen molar-refractivity contribution >= 4 is 15.7 Å². The second kappa shape index (κ2) is 7.05. The van der Waals surface area contributed by atoms with Crippen LogP contribution in [0, 0.1) is 33.3 Å². The van der Waals surface area contributed by atoms with E-state index in [1.807, 2.05) is 13.8 Å². The average molecular weight is 390 g/mol. The molecule has 27 heavy (non-hydrogen) atoms. The minimum atomic E-state index is -3.86. The molecule has 2 atom stereocenters. The molecule has 0 radical (unpaired) electrons. The number of rotatable bonds is 4. The Balaban J connectivity index is 2.07. The Morgan fingerprint density at radius 3 is 2.56 bits per heavy atom. The molecule has 1 fully saturated rings. The molecule has 2 unspecified atom stereocenters. The number of sulfonamides is 1. The molecule has 10 nitrogen and oxygen atoms in total. The molecule has 1 saturated heterocycles. The van der Waals surface area contributed by atoms with Crippen LogP contribution in [0.15, 0.2) is 29.4 Å². The Morgan fingerprint density at radius 2 is 1.96 bits per heavy atom. The monoisotopic (exact) mass is 390 g/mol. The Kier molecular flexibility index (Phi) is 4.95. The third-order valence-electron chi connectivity index (χ3n) is 4.52. The molecular formula is C16H18N6O4S. The normalized spacial score (nSPS) is 20.9. The molecule has 3 rings (SSSR count). The number of hydrogen-bond donors (Lipinski definition) is 0. The Bertz CT molecular complexity index is 1020. The number of benzene rings is 1. The number of nitro groups is 1. The molecular weight excluding hydrogens is 372 g/mol. The Labute approximate surface area is 156 Å². The van der Waals surface area contributed by atoms with Crippen molar-refractivity contribution < 1.29 is 13.3 Å². The maximum absolute atomic E-state index is 13.0. The van der Waals surface area contributed by atoms with Crippen molar-refractivity contribution in [2.75, 3.05) is 13.1 Å². The van der Waals surface area contributed by atoms with Gasteiger partial charge in [-0.05, 0) is 30.4 Å². The van der Waals surface area contributed by atoms with Gasteiger partial charge in [-0.3, -0.25) is 14.7 Å². The standard InChI is InChI=1S/C16H18N6O4S/c1-11-5-12(2)9-20(8-11)27(25,26)13-3-4-14(15(6-13)22(23)24)21-10-18-19-16(21)7-17/h3-4,6,10-12H,5,8-9H2,1-2H3. The van der Waals surface area contributed by atoms with E-state index in [1.54, 1.807) is 6.07 Å². The number of piperidine rings is 1. The molecule has 0 N–H and O–H groups in total. The van der Waals surface area contributed by atoms with Crippen molar-refractivity contribution in [1.29, 1.82) is 5.26 Å². The first-order valence-electron chi connectivity index (χ1n) is 8.33. The summed E-state index contributed by atoms with van der Waals surface area (Å²) in [6.07, 6.45) is 2.11. The lowest BCUT2D eigenvalue weighted by molar-refractivity contribution is -0.384. The highest BCUT2D eigenvalue weighted by Gasteiger charge is 2.33. The largest absolute Gasteiger partial charge is 0.294 e. The van der Waals surface area contributed by atoms with E-state index in [9.17, 15) is 18.5 Å². The zero-order valence-electron chi connectivity index (χ0n) is 14.8. The van der Waals surface area contributed by atoms with Crippen LogP contribution in [0.1, 0.15) is 26.1 Å². The lowest BCUT2D eigenvalue weighted by atomic mass is 9.94. The molecule has 1 aliphatic heterocycles. The van der Waals surface area contributed by atoms with Gasteiger partial charge >= 0.3 is 0 Å². The third kappa shape index (κ3) is 3.54. The van der Waals surface area contributed by atoms with Crippen molar-refractivity contribution in [1.82, 2.24) is 19.1 Å². The van der Waals surface area contributed by atoms with E-state index >= 15 is 0 Å². The predicted molar refractivity (Wildman–Crippen MR) is 94.4 cm³/mol. The summed E-state index contributed by atoms with van der Waals surface area (Å²) in [6, 6.07) is 5.42. The second-order valence-corrected chi connectivity index (χ2v) is 8.75. The quantitative estimate of drug-likeness (QED) is 0.573. The summed E-state index contributed by atoms with van der Waals surface area (Å²) in [5.41, 5.74) is -0.411.